The van der Waals surface area contributed by atoms with E-state index in [2.05, 4.69) is 39.9 Å². The number of aliphatic imine (C=N–C) groups is 1. The third kappa shape index (κ3) is 4.96. The molecule has 0 spiro atoms. The standard InChI is InChI=1S/C19H25N3O2S/c1-20-19(21-12-16-4-3-11-24-16)22-13-17-9-10-18(25-17)14-5-7-15(23-2)8-6-14/h5-10,16H,3-4,11-13H2,1-2H3,(H2,20,21,22). The largest absolute Gasteiger partial charge is 0.497 e. The second-order valence-corrected chi connectivity index (χ2v) is 7.10. The molecule has 1 aliphatic heterocycles. The van der Waals surface area contributed by atoms with E-state index in [-0.39, 0.29) is 0 Å². The van der Waals surface area contributed by atoms with E-state index in [1.165, 1.54) is 15.3 Å². The van der Waals surface area contributed by atoms with E-state index in [4.69, 9.17) is 9.47 Å². The molecule has 2 heterocycles. The van der Waals surface area contributed by atoms with Gasteiger partial charge in [0.05, 0.1) is 19.8 Å². The van der Waals surface area contributed by atoms with E-state index in [9.17, 15) is 0 Å². The highest BCUT2D eigenvalue weighted by molar-refractivity contribution is 7.15. The van der Waals surface area contributed by atoms with Crippen molar-refractivity contribution in [2.75, 3.05) is 27.3 Å². The van der Waals surface area contributed by atoms with Gasteiger partial charge in [0.25, 0.3) is 0 Å². The molecule has 0 amide bonds. The summed E-state index contributed by atoms with van der Waals surface area (Å²) in [4.78, 5) is 6.80. The lowest BCUT2D eigenvalue weighted by Gasteiger charge is -2.14. The number of nitrogens with one attached hydrogen (secondary N) is 2. The van der Waals surface area contributed by atoms with Gasteiger partial charge in [-0.3, -0.25) is 4.99 Å². The monoisotopic (exact) mass is 359 g/mol. The molecule has 0 saturated carbocycles. The molecule has 2 N–H and O–H groups in total. The van der Waals surface area contributed by atoms with Crippen molar-refractivity contribution >= 4 is 17.3 Å². The summed E-state index contributed by atoms with van der Waals surface area (Å²) in [5.41, 5.74) is 1.21. The average Bonchev–Trinajstić information content (AvgIpc) is 3.34. The second-order valence-electron chi connectivity index (χ2n) is 5.94. The van der Waals surface area contributed by atoms with Crippen LogP contribution >= 0.6 is 11.3 Å². The molecule has 134 valence electrons. The lowest BCUT2D eigenvalue weighted by Crippen LogP contribution is -2.40. The lowest BCUT2D eigenvalue weighted by atomic mass is 10.2. The van der Waals surface area contributed by atoms with Crippen LogP contribution in [0.3, 0.4) is 0 Å². The van der Waals surface area contributed by atoms with Gasteiger partial charge in [0.2, 0.25) is 0 Å². The van der Waals surface area contributed by atoms with Crippen molar-refractivity contribution in [1.82, 2.24) is 10.6 Å². The Kier molecular flexibility index (Phi) is 6.30. The topological polar surface area (TPSA) is 54.9 Å². The minimum Gasteiger partial charge on any atom is -0.497 e. The van der Waals surface area contributed by atoms with Crippen LogP contribution in [0.1, 0.15) is 17.7 Å². The summed E-state index contributed by atoms with van der Waals surface area (Å²) in [5, 5.41) is 6.70. The molecule has 1 atom stereocenters. The van der Waals surface area contributed by atoms with Gasteiger partial charge in [-0.2, -0.15) is 0 Å². The van der Waals surface area contributed by atoms with Crippen LogP contribution in [0.25, 0.3) is 10.4 Å². The zero-order valence-corrected chi connectivity index (χ0v) is 15.6. The van der Waals surface area contributed by atoms with Crippen LogP contribution in [0.2, 0.25) is 0 Å². The van der Waals surface area contributed by atoms with Crippen LogP contribution in [0.15, 0.2) is 41.4 Å². The molecular weight excluding hydrogens is 334 g/mol. The van der Waals surface area contributed by atoms with Gasteiger partial charge in [-0.25, -0.2) is 0 Å². The third-order valence-electron chi connectivity index (χ3n) is 4.21. The van der Waals surface area contributed by atoms with Gasteiger partial charge >= 0.3 is 0 Å². The molecule has 5 nitrogen and oxygen atoms in total. The van der Waals surface area contributed by atoms with Crippen molar-refractivity contribution in [3.63, 3.8) is 0 Å². The fourth-order valence-corrected chi connectivity index (χ4v) is 3.74. The molecule has 0 aliphatic carbocycles. The Balaban J connectivity index is 1.51. The van der Waals surface area contributed by atoms with Crippen molar-refractivity contribution in [2.45, 2.75) is 25.5 Å². The smallest absolute Gasteiger partial charge is 0.191 e. The first-order valence-electron chi connectivity index (χ1n) is 8.58. The van der Waals surface area contributed by atoms with E-state index in [1.807, 2.05) is 12.1 Å². The number of benzene rings is 1. The molecule has 0 bridgehead atoms. The van der Waals surface area contributed by atoms with Crippen molar-refractivity contribution in [3.05, 3.63) is 41.3 Å². The zero-order valence-electron chi connectivity index (χ0n) is 14.7. The molecule has 1 aromatic heterocycles. The van der Waals surface area contributed by atoms with E-state index < -0.39 is 0 Å². The molecule has 2 aromatic rings. The Bertz CT molecular complexity index is 691. The maximum Gasteiger partial charge on any atom is 0.191 e. The number of thiophene rings is 1. The molecule has 3 rings (SSSR count). The predicted molar refractivity (Wildman–Crippen MR) is 103 cm³/mol. The first-order valence-corrected chi connectivity index (χ1v) is 9.39. The van der Waals surface area contributed by atoms with Crippen LogP contribution in [0.5, 0.6) is 5.75 Å². The van der Waals surface area contributed by atoms with Crippen molar-refractivity contribution in [3.8, 4) is 16.2 Å². The SMILES string of the molecule is CN=C(NCc1ccc(-c2ccc(OC)cc2)s1)NCC1CCCO1. The first-order chi connectivity index (χ1) is 12.3. The lowest BCUT2D eigenvalue weighted by molar-refractivity contribution is 0.114. The van der Waals surface area contributed by atoms with Gasteiger partial charge in [-0.1, -0.05) is 0 Å². The van der Waals surface area contributed by atoms with Crippen LogP contribution < -0.4 is 15.4 Å². The molecular formula is C19H25N3O2S. The number of rotatable bonds is 6. The quantitative estimate of drug-likeness (QED) is 0.614. The van der Waals surface area contributed by atoms with Gasteiger partial charge in [0.1, 0.15) is 5.75 Å². The van der Waals surface area contributed by atoms with E-state index in [0.717, 1.165) is 44.2 Å². The molecule has 6 heteroatoms. The molecule has 1 aliphatic rings. The Morgan fingerprint density at radius 2 is 2.08 bits per heavy atom. The second kappa shape index (κ2) is 8.87. The zero-order chi connectivity index (χ0) is 17.5. The van der Waals surface area contributed by atoms with Gasteiger partial charge < -0.3 is 20.1 Å². The highest BCUT2D eigenvalue weighted by atomic mass is 32.1. The van der Waals surface area contributed by atoms with Crippen LogP contribution in [-0.4, -0.2) is 39.4 Å². The summed E-state index contributed by atoms with van der Waals surface area (Å²) < 4.78 is 10.8. The average molecular weight is 359 g/mol. The highest BCUT2D eigenvalue weighted by Crippen LogP contribution is 2.29. The Labute approximate surface area is 153 Å². The Hall–Kier alpha value is -2.05. The predicted octanol–water partition coefficient (Wildman–Crippen LogP) is 3.27. The Morgan fingerprint density at radius 1 is 1.24 bits per heavy atom. The number of hydrogen-bond acceptors (Lipinski definition) is 4. The van der Waals surface area contributed by atoms with Gasteiger partial charge in [0.15, 0.2) is 5.96 Å². The normalized spacial score (nSPS) is 17.5. The van der Waals surface area contributed by atoms with Crippen LogP contribution in [0.4, 0.5) is 0 Å². The van der Waals surface area contributed by atoms with Crippen LogP contribution in [0, 0.1) is 0 Å². The molecule has 25 heavy (non-hydrogen) atoms. The maximum atomic E-state index is 5.63. The van der Waals surface area contributed by atoms with Gasteiger partial charge in [-0.15, -0.1) is 11.3 Å². The van der Waals surface area contributed by atoms with Crippen molar-refractivity contribution in [1.29, 1.82) is 0 Å². The van der Waals surface area contributed by atoms with Crippen molar-refractivity contribution in [2.24, 2.45) is 4.99 Å². The highest BCUT2D eigenvalue weighted by Gasteiger charge is 2.15. The minimum atomic E-state index is 0.307. The number of ether oxygens (including phenoxy) is 2. The number of nitrogens with zero attached hydrogens (tertiary/aromatic N) is 1. The number of guanidine groups is 1. The molecule has 1 saturated heterocycles. The van der Waals surface area contributed by atoms with Crippen molar-refractivity contribution < 1.29 is 9.47 Å². The minimum absolute atomic E-state index is 0.307. The summed E-state index contributed by atoms with van der Waals surface area (Å²) >= 11 is 1.78. The number of methoxy groups -OCH3 is 1. The summed E-state index contributed by atoms with van der Waals surface area (Å²) in [6.07, 6.45) is 2.59. The fourth-order valence-electron chi connectivity index (χ4n) is 2.79. The summed E-state index contributed by atoms with van der Waals surface area (Å²) in [7, 11) is 3.48. The van der Waals surface area contributed by atoms with E-state index in [1.54, 1.807) is 25.5 Å². The summed E-state index contributed by atoms with van der Waals surface area (Å²) in [6, 6.07) is 12.5. The fraction of sp³-hybridized carbons (Fsp3) is 0.421. The van der Waals surface area contributed by atoms with Crippen LogP contribution in [-0.2, 0) is 11.3 Å². The number of hydrogen-bond donors (Lipinski definition) is 2. The van der Waals surface area contributed by atoms with Gasteiger partial charge in [0, 0.05) is 30.0 Å². The third-order valence-corrected chi connectivity index (χ3v) is 5.35. The maximum absolute atomic E-state index is 5.63. The molecule has 1 fully saturated rings. The Morgan fingerprint density at radius 3 is 2.76 bits per heavy atom. The molecule has 1 unspecified atom stereocenters. The summed E-state index contributed by atoms with van der Waals surface area (Å²) in [6.45, 7) is 2.44. The molecule has 0 radical (unpaired) electrons. The van der Waals surface area contributed by atoms with E-state index in [0.29, 0.717) is 6.10 Å². The molecule has 1 aromatic carbocycles. The van der Waals surface area contributed by atoms with E-state index >= 15 is 0 Å². The van der Waals surface area contributed by atoms with Gasteiger partial charge in [-0.05, 0) is 54.8 Å². The summed E-state index contributed by atoms with van der Waals surface area (Å²) in [5.74, 6) is 1.69. The first kappa shape index (κ1) is 17.8.